The second-order valence-corrected chi connectivity index (χ2v) is 21.3. The number of aromatic nitrogens is 2. The highest BCUT2D eigenvalue weighted by molar-refractivity contribution is 6.05. The number of hydrogen-bond donors (Lipinski definition) is 3. The van der Waals surface area contributed by atoms with Gasteiger partial charge in [-0.1, -0.05) is 30.3 Å². The molecule has 3 aromatic carbocycles. The van der Waals surface area contributed by atoms with Crippen LogP contribution in [0.25, 0.3) is 11.3 Å². The summed E-state index contributed by atoms with van der Waals surface area (Å²) in [6, 6.07) is 23.4. The van der Waals surface area contributed by atoms with Crippen molar-refractivity contribution in [2.75, 3.05) is 77.3 Å². The van der Waals surface area contributed by atoms with Crippen LogP contribution in [-0.4, -0.2) is 142 Å². The summed E-state index contributed by atoms with van der Waals surface area (Å²) in [5, 5.41) is 10.9. The van der Waals surface area contributed by atoms with Crippen LogP contribution in [-0.2, 0) is 16.1 Å². The Morgan fingerprint density at radius 2 is 1.34 bits per heavy atom. The maximum absolute atomic E-state index is 13.8. The van der Waals surface area contributed by atoms with Crippen LogP contribution in [0.15, 0.2) is 72.8 Å². The zero-order valence-electron chi connectivity index (χ0n) is 40.8. The Morgan fingerprint density at radius 3 is 1.97 bits per heavy atom. The van der Waals surface area contributed by atoms with Crippen molar-refractivity contribution in [3.05, 3.63) is 95.1 Å². The molecule has 1 aromatic heterocycles. The highest BCUT2D eigenvalue weighted by Gasteiger charge is 2.40. The Hall–Kier alpha value is -6.26. The standard InChI is InChI=1S/C55H68N10O6/c56-51(67)49-50(40-6-9-44(10-7-40)71-43-4-2-1-3-5-43)59-65-46(14-23-57-52(49)65)39-21-26-61(27-22-39)34-37-17-30-63(31-18-37)55(70)62-28-15-36(16-29-62)33-60-24-19-38(20-25-60)41-8-11-45-42(32-41)35-64(54(45)69)47-12-13-48(66)58-53(47)68/h1-11,32,36-39,46-47,57H,12-31,33-35H2,(H2,56,67)(H,58,66,68). The number of hydrogen-bond acceptors (Lipinski definition) is 10. The first-order valence-corrected chi connectivity index (χ1v) is 26.4. The van der Waals surface area contributed by atoms with Gasteiger partial charge in [0.15, 0.2) is 0 Å². The molecule has 0 bridgehead atoms. The van der Waals surface area contributed by atoms with Gasteiger partial charge in [-0.3, -0.25) is 24.5 Å². The van der Waals surface area contributed by atoms with E-state index in [1.165, 1.54) is 5.56 Å². The Balaban J connectivity index is 0.597. The molecule has 7 aliphatic heterocycles. The summed E-state index contributed by atoms with van der Waals surface area (Å²) in [6.45, 7) is 10.9. The predicted octanol–water partition coefficient (Wildman–Crippen LogP) is 6.69. The van der Waals surface area contributed by atoms with E-state index < -0.39 is 11.9 Å². The van der Waals surface area contributed by atoms with Crippen molar-refractivity contribution in [1.29, 1.82) is 0 Å². The van der Waals surface area contributed by atoms with Crippen LogP contribution < -0.4 is 21.1 Å². The van der Waals surface area contributed by atoms with Crippen LogP contribution in [0.1, 0.15) is 114 Å². The quantitative estimate of drug-likeness (QED) is 0.137. The Bertz CT molecular complexity index is 2610. The maximum Gasteiger partial charge on any atom is 0.319 e. The number of para-hydroxylation sites is 1. The maximum atomic E-state index is 13.8. The van der Waals surface area contributed by atoms with Crippen molar-refractivity contribution in [2.45, 2.75) is 95.2 Å². The van der Waals surface area contributed by atoms with Crippen LogP contribution in [0.5, 0.6) is 11.5 Å². The third kappa shape index (κ3) is 10.0. The molecular formula is C55H68N10O6. The van der Waals surface area contributed by atoms with E-state index in [9.17, 15) is 24.0 Å². The number of nitrogens with zero attached hydrogens (tertiary/aromatic N) is 7. The molecule has 11 rings (SSSR count). The number of ether oxygens (including phenoxy) is 1. The van der Waals surface area contributed by atoms with E-state index in [0.29, 0.717) is 59.2 Å². The number of primary amides is 1. The van der Waals surface area contributed by atoms with Gasteiger partial charge in [-0.05, 0) is 168 Å². The number of piperidine rings is 5. The number of anilines is 1. The minimum absolute atomic E-state index is 0.120. The van der Waals surface area contributed by atoms with Gasteiger partial charge >= 0.3 is 6.03 Å². The van der Waals surface area contributed by atoms with Crippen molar-refractivity contribution < 1.29 is 28.7 Å². The molecule has 2 atom stereocenters. The molecule has 0 radical (unpaired) electrons. The van der Waals surface area contributed by atoms with E-state index in [1.54, 1.807) is 4.90 Å². The van der Waals surface area contributed by atoms with Gasteiger partial charge in [0.05, 0.1) is 6.04 Å². The summed E-state index contributed by atoms with van der Waals surface area (Å²) in [5.74, 6) is 3.04. The lowest BCUT2D eigenvalue weighted by atomic mass is 9.86. The number of likely N-dealkylation sites (tertiary alicyclic amines) is 4. The molecule has 5 fully saturated rings. The number of rotatable bonds is 11. The smallest absolute Gasteiger partial charge is 0.319 e. The summed E-state index contributed by atoms with van der Waals surface area (Å²) >= 11 is 0. The van der Waals surface area contributed by atoms with Crippen molar-refractivity contribution in [3.63, 3.8) is 0 Å². The molecule has 4 aromatic rings. The molecule has 2 unspecified atom stereocenters. The zero-order chi connectivity index (χ0) is 48.6. The van der Waals surface area contributed by atoms with Gasteiger partial charge in [-0.15, -0.1) is 0 Å². The number of amides is 6. The highest BCUT2D eigenvalue weighted by atomic mass is 16.5. The number of carbonyl (C=O) groups excluding carboxylic acids is 5. The van der Waals surface area contributed by atoms with Gasteiger partial charge in [-0.25, -0.2) is 9.48 Å². The third-order valence-corrected chi connectivity index (χ3v) is 16.9. The van der Waals surface area contributed by atoms with Crippen LogP contribution in [0.2, 0.25) is 0 Å². The fourth-order valence-corrected chi connectivity index (χ4v) is 12.8. The molecule has 0 spiro atoms. The first-order chi connectivity index (χ1) is 34.6. The molecule has 8 heterocycles. The fraction of sp³-hybridized carbons (Fsp3) is 0.527. The number of benzene rings is 3. The largest absolute Gasteiger partial charge is 0.457 e. The first kappa shape index (κ1) is 47.1. The summed E-state index contributed by atoms with van der Waals surface area (Å²) in [4.78, 5) is 75.2. The minimum atomic E-state index is -0.591. The summed E-state index contributed by atoms with van der Waals surface area (Å²) in [5.41, 5.74) is 10.8. The van der Waals surface area contributed by atoms with E-state index in [4.69, 9.17) is 15.6 Å². The number of nitrogens with one attached hydrogen (secondary N) is 2. The number of fused-ring (bicyclic) bond motifs is 2. The fourth-order valence-electron chi connectivity index (χ4n) is 12.8. The van der Waals surface area contributed by atoms with Crippen molar-refractivity contribution in [2.24, 2.45) is 23.5 Å². The average molecular weight is 965 g/mol. The molecule has 5 saturated heterocycles. The summed E-state index contributed by atoms with van der Waals surface area (Å²) in [7, 11) is 0. The van der Waals surface area contributed by atoms with Crippen molar-refractivity contribution in [1.82, 2.24) is 39.6 Å². The summed E-state index contributed by atoms with van der Waals surface area (Å²) in [6.07, 6.45) is 10.1. The van der Waals surface area contributed by atoms with Gasteiger partial charge in [-0.2, -0.15) is 5.10 Å². The van der Waals surface area contributed by atoms with Crippen LogP contribution >= 0.6 is 0 Å². The van der Waals surface area contributed by atoms with Gasteiger partial charge in [0, 0.05) is 69.9 Å². The van der Waals surface area contributed by atoms with Gasteiger partial charge in [0.25, 0.3) is 11.8 Å². The number of imide groups is 1. The van der Waals surface area contributed by atoms with Crippen molar-refractivity contribution in [3.8, 4) is 22.8 Å². The zero-order valence-corrected chi connectivity index (χ0v) is 40.8. The Kier molecular flexibility index (Phi) is 13.6. The van der Waals surface area contributed by atoms with Crippen LogP contribution in [0, 0.1) is 17.8 Å². The topological polar surface area (TPSA) is 179 Å². The molecule has 16 nitrogen and oxygen atoms in total. The van der Waals surface area contributed by atoms with E-state index in [2.05, 4.69) is 47.0 Å². The second kappa shape index (κ2) is 20.5. The van der Waals surface area contributed by atoms with E-state index in [-0.39, 0.29) is 36.2 Å². The molecule has 71 heavy (non-hydrogen) atoms. The number of carbonyl (C=O) groups is 5. The molecule has 16 heteroatoms. The molecule has 7 aliphatic rings. The lowest BCUT2D eigenvalue weighted by Crippen LogP contribution is -2.52. The van der Waals surface area contributed by atoms with Gasteiger partial charge < -0.3 is 40.3 Å². The lowest BCUT2D eigenvalue weighted by molar-refractivity contribution is -0.136. The second-order valence-electron chi connectivity index (χ2n) is 21.3. The van der Waals surface area contributed by atoms with Crippen molar-refractivity contribution >= 4 is 35.5 Å². The van der Waals surface area contributed by atoms with E-state index in [0.717, 1.165) is 152 Å². The highest BCUT2D eigenvalue weighted by Crippen LogP contribution is 2.41. The molecule has 0 aliphatic carbocycles. The van der Waals surface area contributed by atoms with Gasteiger partial charge in [0.1, 0.15) is 34.6 Å². The third-order valence-electron chi connectivity index (χ3n) is 16.9. The van der Waals surface area contributed by atoms with Crippen LogP contribution in [0.3, 0.4) is 0 Å². The van der Waals surface area contributed by atoms with E-state index in [1.807, 2.05) is 60.7 Å². The SMILES string of the molecule is NC(=O)c1c(-c2ccc(Oc3ccccc3)cc2)nn2c1NCCC2C1CCN(CC2CCN(C(=O)N3CCC(CN4CCC(c5ccc6c(c5)CN(C5CCC(=O)NC5=O)C6=O)CC4)CC3)CC2)CC1. The Morgan fingerprint density at radius 1 is 0.704 bits per heavy atom. The summed E-state index contributed by atoms with van der Waals surface area (Å²) < 4.78 is 8.06. The predicted molar refractivity (Wildman–Crippen MR) is 269 cm³/mol. The Labute approximate surface area is 416 Å². The lowest BCUT2D eigenvalue weighted by Gasteiger charge is -2.42. The first-order valence-electron chi connectivity index (χ1n) is 26.4. The average Bonchev–Trinajstić information content (AvgIpc) is 3.95. The monoisotopic (exact) mass is 965 g/mol. The molecule has 4 N–H and O–H groups in total. The van der Waals surface area contributed by atoms with Crippen LogP contribution in [0.4, 0.5) is 10.6 Å². The molecule has 6 amide bonds. The number of urea groups is 1. The van der Waals surface area contributed by atoms with E-state index >= 15 is 0 Å². The molecule has 0 saturated carbocycles. The van der Waals surface area contributed by atoms with Gasteiger partial charge in [0.2, 0.25) is 11.8 Å². The molecular weight excluding hydrogens is 897 g/mol. The minimum Gasteiger partial charge on any atom is -0.457 e. The molecule has 374 valence electrons. The number of nitrogens with two attached hydrogens (primary N) is 1. The normalized spacial score (nSPS) is 23.3.